The Morgan fingerprint density at radius 2 is 1.46 bits per heavy atom. The van der Waals surface area contributed by atoms with Gasteiger partial charge >= 0.3 is 5.97 Å². The van der Waals surface area contributed by atoms with E-state index in [1.807, 2.05) is 0 Å². The summed E-state index contributed by atoms with van der Waals surface area (Å²) in [5.41, 5.74) is 0. The van der Waals surface area contributed by atoms with Gasteiger partial charge in [-0.3, -0.25) is 9.59 Å². The van der Waals surface area contributed by atoms with Gasteiger partial charge in [0.05, 0.1) is 0 Å². The number of nitrogens with one attached hydrogen (secondary N) is 1. The first-order chi connectivity index (χ1) is 13.8. The molecule has 0 amide bonds. The molecule has 0 unspecified atom stereocenters. The molecule has 0 aliphatic heterocycles. The lowest BCUT2D eigenvalue weighted by atomic mass is 10.1. The van der Waals surface area contributed by atoms with Crippen LogP contribution < -0.4 is 5.32 Å². The Kier molecular flexibility index (Phi) is 22.1. The molecule has 0 saturated heterocycles. The number of carbonyl (C=O) groups excluding carboxylic acids is 2. The minimum atomic E-state index is -0.128. The SMILES string of the molecule is CCCCCC=CCC=CCCCCCCCC(=O)OCCNCCOC=O. The van der Waals surface area contributed by atoms with Crippen molar-refractivity contribution >= 4 is 12.4 Å². The second kappa shape index (κ2) is 23.4. The highest BCUT2D eigenvalue weighted by Crippen LogP contribution is 2.08. The number of hydrogen-bond donors (Lipinski definition) is 1. The molecule has 0 radical (unpaired) electrons. The van der Waals surface area contributed by atoms with E-state index in [0.717, 1.165) is 25.7 Å². The number of hydrogen-bond acceptors (Lipinski definition) is 5. The van der Waals surface area contributed by atoms with Crippen LogP contribution in [-0.4, -0.2) is 38.7 Å². The smallest absolute Gasteiger partial charge is 0.305 e. The number of ether oxygens (including phenoxy) is 2. The quantitative estimate of drug-likeness (QED) is 0.127. The maximum Gasteiger partial charge on any atom is 0.305 e. The largest absolute Gasteiger partial charge is 0.467 e. The van der Waals surface area contributed by atoms with Gasteiger partial charge in [0, 0.05) is 19.5 Å². The van der Waals surface area contributed by atoms with Crippen LogP contribution in [0.15, 0.2) is 24.3 Å². The van der Waals surface area contributed by atoms with E-state index in [1.54, 1.807) is 0 Å². The summed E-state index contributed by atoms with van der Waals surface area (Å²) in [6.07, 6.45) is 22.6. The summed E-state index contributed by atoms with van der Waals surface area (Å²) in [6.45, 7) is 4.51. The predicted octanol–water partition coefficient (Wildman–Crippen LogP) is 5.11. The molecule has 0 fully saturated rings. The normalized spacial score (nSPS) is 11.3. The first-order valence-electron chi connectivity index (χ1n) is 11.0. The van der Waals surface area contributed by atoms with Crippen molar-refractivity contribution in [3.63, 3.8) is 0 Å². The van der Waals surface area contributed by atoms with E-state index in [-0.39, 0.29) is 5.97 Å². The molecule has 5 nitrogen and oxygen atoms in total. The second-order valence-corrected chi connectivity index (χ2v) is 6.92. The van der Waals surface area contributed by atoms with Crippen molar-refractivity contribution in [2.24, 2.45) is 0 Å². The van der Waals surface area contributed by atoms with Crippen LogP contribution in [0.1, 0.15) is 84.0 Å². The van der Waals surface area contributed by atoms with Crippen LogP contribution in [0.5, 0.6) is 0 Å². The van der Waals surface area contributed by atoms with E-state index < -0.39 is 0 Å². The average molecular weight is 396 g/mol. The van der Waals surface area contributed by atoms with Gasteiger partial charge in [-0.05, 0) is 38.5 Å². The molecule has 0 aliphatic carbocycles. The van der Waals surface area contributed by atoms with Crippen molar-refractivity contribution in [1.82, 2.24) is 5.32 Å². The molecule has 28 heavy (non-hydrogen) atoms. The molecular weight excluding hydrogens is 354 g/mol. The Hall–Kier alpha value is -1.62. The highest BCUT2D eigenvalue weighted by molar-refractivity contribution is 5.69. The summed E-state index contributed by atoms with van der Waals surface area (Å²) in [6, 6.07) is 0. The maximum absolute atomic E-state index is 11.6. The molecule has 5 heteroatoms. The topological polar surface area (TPSA) is 64.6 Å². The van der Waals surface area contributed by atoms with E-state index in [4.69, 9.17) is 4.74 Å². The zero-order chi connectivity index (χ0) is 20.5. The zero-order valence-corrected chi connectivity index (χ0v) is 17.8. The standard InChI is InChI=1S/C23H41NO4/c1-2-3-4-5-6-7-8-9-10-11-12-13-14-15-16-17-23(26)28-21-19-24-18-20-27-22-25/h6-7,9-10,22,24H,2-5,8,11-21H2,1H3. The minimum absolute atomic E-state index is 0.128. The van der Waals surface area contributed by atoms with Crippen molar-refractivity contribution in [3.8, 4) is 0 Å². The molecule has 0 aromatic heterocycles. The maximum atomic E-state index is 11.6. The van der Waals surface area contributed by atoms with Crippen LogP contribution in [0.2, 0.25) is 0 Å². The number of esters is 1. The summed E-state index contributed by atoms with van der Waals surface area (Å²) in [5.74, 6) is -0.128. The number of carbonyl (C=O) groups is 2. The van der Waals surface area contributed by atoms with Gasteiger partial charge in [0.15, 0.2) is 0 Å². The Labute approximate surface area is 171 Å². The van der Waals surface area contributed by atoms with E-state index in [9.17, 15) is 9.59 Å². The monoisotopic (exact) mass is 395 g/mol. The molecule has 0 atom stereocenters. The lowest BCUT2D eigenvalue weighted by Gasteiger charge is -2.06. The Balaban J connectivity index is 3.26. The molecule has 0 aliphatic rings. The molecule has 162 valence electrons. The molecule has 0 aromatic rings. The van der Waals surface area contributed by atoms with Gasteiger partial charge in [-0.25, -0.2) is 0 Å². The molecule has 0 heterocycles. The highest BCUT2D eigenvalue weighted by atomic mass is 16.5. The van der Waals surface area contributed by atoms with Crippen LogP contribution in [0.3, 0.4) is 0 Å². The van der Waals surface area contributed by atoms with Crippen LogP contribution in [0, 0.1) is 0 Å². The fourth-order valence-electron chi connectivity index (χ4n) is 2.69. The van der Waals surface area contributed by atoms with Crippen LogP contribution in [0.4, 0.5) is 0 Å². The molecular formula is C23H41NO4. The van der Waals surface area contributed by atoms with Gasteiger partial charge in [-0.2, -0.15) is 0 Å². The number of rotatable bonds is 21. The molecule has 0 aromatic carbocycles. The second-order valence-electron chi connectivity index (χ2n) is 6.92. The fourth-order valence-corrected chi connectivity index (χ4v) is 2.69. The molecule has 0 spiro atoms. The number of allylic oxidation sites excluding steroid dienone is 4. The summed E-state index contributed by atoms with van der Waals surface area (Å²) in [5, 5.41) is 3.03. The first kappa shape index (κ1) is 26.4. The third-order valence-corrected chi connectivity index (χ3v) is 4.34. The van der Waals surface area contributed by atoms with Crippen LogP contribution in [0.25, 0.3) is 0 Å². The zero-order valence-electron chi connectivity index (χ0n) is 17.8. The average Bonchev–Trinajstić information content (AvgIpc) is 2.70. The summed E-state index contributed by atoms with van der Waals surface area (Å²) >= 11 is 0. The Morgan fingerprint density at radius 1 is 0.821 bits per heavy atom. The highest BCUT2D eigenvalue weighted by Gasteiger charge is 2.02. The van der Waals surface area contributed by atoms with Crippen molar-refractivity contribution in [3.05, 3.63) is 24.3 Å². The number of unbranched alkanes of at least 4 members (excludes halogenated alkanes) is 8. The van der Waals surface area contributed by atoms with Crippen LogP contribution >= 0.6 is 0 Å². The van der Waals surface area contributed by atoms with E-state index >= 15 is 0 Å². The van der Waals surface area contributed by atoms with Gasteiger partial charge in [0.2, 0.25) is 0 Å². The Bertz CT molecular complexity index is 407. The van der Waals surface area contributed by atoms with E-state index in [2.05, 4.69) is 41.3 Å². The van der Waals surface area contributed by atoms with Gasteiger partial charge in [0.25, 0.3) is 6.47 Å². The van der Waals surface area contributed by atoms with Gasteiger partial charge < -0.3 is 14.8 Å². The predicted molar refractivity (Wildman–Crippen MR) is 115 cm³/mol. The first-order valence-corrected chi connectivity index (χ1v) is 11.0. The Morgan fingerprint density at radius 3 is 2.18 bits per heavy atom. The third kappa shape index (κ3) is 22.4. The fraction of sp³-hybridized carbons (Fsp3) is 0.739. The minimum Gasteiger partial charge on any atom is -0.467 e. The van der Waals surface area contributed by atoms with E-state index in [1.165, 1.54) is 44.9 Å². The van der Waals surface area contributed by atoms with Crippen molar-refractivity contribution < 1.29 is 19.1 Å². The summed E-state index contributed by atoms with van der Waals surface area (Å²) in [7, 11) is 0. The van der Waals surface area contributed by atoms with Gasteiger partial charge in [-0.1, -0.05) is 63.3 Å². The molecule has 0 bridgehead atoms. The van der Waals surface area contributed by atoms with Gasteiger partial charge in [0.1, 0.15) is 13.2 Å². The van der Waals surface area contributed by atoms with Crippen LogP contribution in [-0.2, 0) is 19.1 Å². The summed E-state index contributed by atoms with van der Waals surface area (Å²) in [4.78, 5) is 21.5. The third-order valence-electron chi connectivity index (χ3n) is 4.34. The van der Waals surface area contributed by atoms with E-state index in [0.29, 0.717) is 39.2 Å². The molecule has 0 rings (SSSR count). The summed E-state index contributed by atoms with van der Waals surface area (Å²) < 4.78 is 9.68. The van der Waals surface area contributed by atoms with Crippen molar-refractivity contribution in [2.45, 2.75) is 84.0 Å². The lowest BCUT2D eigenvalue weighted by Crippen LogP contribution is -2.24. The van der Waals surface area contributed by atoms with Crippen molar-refractivity contribution in [2.75, 3.05) is 26.3 Å². The lowest BCUT2D eigenvalue weighted by molar-refractivity contribution is -0.143. The van der Waals surface area contributed by atoms with Crippen molar-refractivity contribution in [1.29, 1.82) is 0 Å². The molecule has 0 saturated carbocycles. The molecule has 1 N–H and O–H groups in total. The van der Waals surface area contributed by atoms with Gasteiger partial charge in [-0.15, -0.1) is 0 Å².